The average Bonchev–Trinajstić information content (AvgIpc) is 3.08. The van der Waals surface area contributed by atoms with Gasteiger partial charge in [-0.2, -0.15) is 0 Å². The Labute approximate surface area is 196 Å². The molecule has 2 bridgehead atoms. The summed E-state index contributed by atoms with van der Waals surface area (Å²) in [5.74, 6) is 1.39. The molecule has 9 heteroatoms. The first-order valence-corrected chi connectivity index (χ1v) is 14.0. The molecule has 5 heterocycles. The van der Waals surface area contributed by atoms with Gasteiger partial charge in [0.25, 0.3) is 0 Å². The Balaban J connectivity index is 1.41. The number of amides is 2. The summed E-state index contributed by atoms with van der Waals surface area (Å²) in [6.45, 7) is 7.12. The van der Waals surface area contributed by atoms with Crippen molar-refractivity contribution in [3.8, 4) is 5.75 Å². The van der Waals surface area contributed by atoms with Gasteiger partial charge in [0.1, 0.15) is 5.75 Å². The molecule has 2 atom stereocenters. The Kier molecular flexibility index (Phi) is 6.20. The third kappa shape index (κ3) is 4.54. The second kappa shape index (κ2) is 8.98. The molecule has 5 fully saturated rings. The normalized spacial score (nSPS) is 28.6. The lowest BCUT2D eigenvalue weighted by Gasteiger charge is -2.53. The molecule has 0 N–H and O–H groups in total. The molecule has 2 unspecified atom stereocenters. The summed E-state index contributed by atoms with van der Waals surface area (Å²) in [6, 6.07) is 8.56. The van der Waals surface area contributed by atoms with Gasteiger partial charge >= 0.3 is 6.03 Å². The summed E-state index contributed by atoms with van der Waals surface area (Å²) in [5.41, 5.74) is 1.32. The van der Waals surface area contributed by atoms with E-state index in [2.05, 4.69) is 17.0 Å². The molecule has 5 aliphatic heterocycles. The zero-order valence-electron chi connectivity index (χ0n) is 19.4. The van der Waals surface area contributed by atoms with Crippen molar-refractivity contribution in [2.24, 2.45) is 11.3 Å². The minimum absolute atomic E-state index is 0.00227. The van der Waals surface area contributed by atoms with E-state index in [1.807, 2.05) is 24.0 Å². The van der Waals surface area contributed by atoms with E-state index < -0.39 is 9.84 Å². The molecule has 1 aromatic carbocycles. The van der Waals surface area contributed by atoms with Gasteiger partial charge in [0, 0.05) is 51.6 Å². The van der Waals surface area contributed by atoms with Gasteiger partial charge in [-0.15, -0.1) is 0 Å². The van der Waals surface area contributed by atoms with E-state index >= 15 is 0 Å². The number of rotatable bonds is 3. The van der Waals surface area contributed by atoms with Crippen LogP contribution in [0.3, 0.4) is 0 Å². The lowest BCUT2D eigenvalue weighted by atomic mass is 9.66. The molecule has 6 rings (SSSR count). The summed E-state index contributed by atoms with van der Waals surface area (Å²) in [5, 5.41) is 0. The van der Waals surface area contributed by atoms with Crippen molar-refractivity contribution < 1.29 is 22.7 Å². The van der Waals surface area contributed by atoms with Crippen LogP contribution in [-0.4, -0.2) is 94.3 Å². The third-order valence-electron chi connectivity index (χ3n) is 7.96. The minimum Gasteiger partial charge on any atom is -0.494 e. The van der Waals surface area contributed by atoms with Crippen LogP contribution in [0.15, 0.2) is 24.3 Å². The first-order chi connectivity index (χ1) is 15.9. The highest BCUT2D eigenvalue weighted by molar-refractivity contribution is 7.91. The molecule has 182 valence electrons. The molecular formula is C24H35N3O5S. The van der Waals surface area contributed by atoms with Crippen LogP contribution in [0.1, 0.15) is 26.2 Å². The first kappa shape index (κ1) is 22.8. The van der Waals surface area contributed by atoms with Crippen LogP contribution in [0.4, 0.5) is 10.5 Å². The predicted octanol–water partition coefficient (Wildman–Crippen LogP) is 2.24. The van der Waals surface area contributed by atoms with Gasteiger partial charge in [0.15, 0.2) is 9.84 Å². The van der Waals surface area contributed by atoms with E-state index in [0.29, 0.717) is 32.2 Å². The van der Waals surface area contributed by atoms with Crippen LogP contribution in [0, 0.1) is 11.3 Å². The van der Waals surface area contributed by atoms with Crippen molar-refractivity contribution in [1.82, 2.24) is 9.80 Å². The second-order valence-electron chi connectivity index (χ2n) is 9.97. The number of ether oxygens (including phenoxy) is 2. The highest BCUT2D eigenvalue weighted by Gasteiger charge is 2.52. The van der Waals surface area contributed by atoms with Crippen LogP contribution in [0.5, 0.6) is 5.75 Å². The van der Waals surface area contributed by atoms with E-state index in [0.717, 1.165) is 51.3 Å². The predicted molar refractivity (Wildman–Crippen MR) is 127 cm³/mol. The average molecular weight is 478 g/mol. The number of anilines is 1. The van der Waals surface area contributed by atoms with Gasteiger partial charge in [-0.3, -0.25) is 0 Å². The number of hydrogen-bond donors (Lipinski definition) is 0. The fourth-order valence-electron chi connectivity index (χ4n) is 6.28. The molecule has 1 aromatic rings. The van der Waals surface area contributed by atoms with Crippen LogP contribution in [0.25, 0.3) is 0 Å². The summed E-state index contributed by atoms with van der Waals surface area (Å²) >= 11 is 0. The van der Waals surface area contributed by atoms with Crippen molar-refractivity contribution in [2.45, 2.75) is 32.2 Å². The summed E-state index contributed by atoms with van der Waals surface area (Å²) in [6.07, 6.45) is 3.16. The molecule has 5 saturated heterocycles. The fourth-order valence-corrected chi connectivity index (χ4v) is 7.48. The van der Waals surface area contributed by atoms with Gasteiger partial charge in [0.05, 0.1) is 24.2 Å². The Morgan fingerprint density at radius 1 is 1.06 bits per heavy atom. The van der Waals surface area contributed by atoms with Gasteiger partial charge in [-0.1, -0.05) is 0 Å². The van der Waals surface area contributed by atoms with Crippen molar-refractivity contribution in [3.63, 3.8) is 0 Å². The molecule has 1 spiro atoms. The molecule has 0 saturated carbocycles. The van der Waals surface area contributed by atoms with Crippen molar-refractivity contribution in [2.75, 3.05) is 69.0 Å². The van der Waals surface area contributed by atoms with E-state index in [4.69, 9.17) is 9.47 Å². The quantitative estimate of drug-likeness (QED) is 0.664. The molecule has 5 aliphatic rings. The molecule has 0 radical (unpaired) electrons. The topological polar surface area (TPSA) is 79.4 Å². The van der Waals surface area contributed by atoms with E-state index in [1.165, 1.54) is 5.69 Å². The summed E-state index contributed by atoms with van der Waals surface area (Å²) < 4.78 is 35.1. The van der Waals surface area contributed by atoms with Crippen LogP contribution >= 0.6 is 0 Å². The van der Waals surface area contributed by atoms with Crippen molar-refractivity contribution in [3.05, 3.63) is 24.3 Å². The second-order valence-corrected chi connectivity index (χ2v) is 12.3. The summed E-state index contributed by atoms with van der Waals surface area (Å²) in [7, 11) is -3.02. The number of nitrogens with zero attached hydrogens (tertiary/aromatic N) is 3. The maximum atomic E-state index is 13.5. The van der Waals surface area contributed by atoms with Crippen LogP contribution in [0.2, 0.25) is 0 Å². The lowest BCUT2D eigenvalue weighted by molar-refractivity contribution is -0.0179. The molecule has 33 heavy (non-hydrogen) atoms. The zero-order valence-corrected chi connectivity index (χ0v) is 20.3. The smallest absolute Gasteiger partial charge is 0.320 e. The van der Waals surface area contributed by atoms with E-state index in [-0.39, 0.29) is 29.0 Å². The number of urea groups is 1. The lowest BCUT2D eigenvalue weighted by Crippen LogP contribution is -2.58. The third-order valence-corrected chi connectivity index (χ3v) is 9.57. The highest BCUT2D eigenvalue weighted by Crippen LogP contribution is 2.49. The largest absolute Gasteiger partial charge is 0.494 e. The number of hydrogen-bond acceptors (Lipinski definition) is 6. The summed E-state index contributed by atoms with van der Waals surface area (Å²) in [4.78, 5) is 19.7. The molecule has 0 aliphatic carbocycles. The molecular weight excluding hydrogens is 442 g/mol. The monoisotopic (exact) mass is 477 g/mol. The zero-order chi connectivity index (χ0) is 23.1. The first-order valence-electron chi connectivity index (χ1n) is 12.2. The van der Waals surface area contributed by atoms with Crippen molar-refractivity contribution >= 4 is 21.6 Å². The van der Waals surface area contributed by atoms with E-state index in [9.17, 15) is 13.2 Å². The fraction of sp³-hybridized carbons (Fsp3) is 0.708. The van der Waals surface area contributed by atoms with Crippen LogP contribution < -0.4 is 9.64 Å². The number of fused-ring (bicyclic) bond motifs is 3. The Morgan fingerprint density at radius 3 is 2.42 bits per heavy atom. The van der Waals surface area contributed by atoms with Gasteiger partial charge in [0.2, 0.25) is 0 Å². The Hall–Kier alpha value is -2.00. The van der Waals surface area contributed by atoms with E-state index in [1.54, 1.807) is 4.90 Å². The molecule has 0 aromatic heterocycles. The number of sulfone groups is 1. The number of carbonyl (C=O) groups is 1. The van der Waals surface area contributed by atoms with Gasteiger partial charge in [-0.25, -0.2) is 13.2 Å². The van der Waals surface area contributed by atoms with Gasteiger partial charge in [-0.05, 0) is 61.8 Å². The molecule has 8 nitrogen and oxygen atoms in total. The molecule has 2 amide bonds. The maximum absolute atomic E-state index is 13.5. The van der Waals surface area contributed by atoms with Crippen molar-refractivity contribution in [1.29, 1.82) is 0 Å². The standard InChI is InChI=1S/C24H35N3O5S/c1-2-32-21-5-3-20(4-6-21)27-17-19-15-24(7-11-31-12-8-24)22(27)18-26(16-19)23(28)25-9-13-33(29,30)14-10-25/h3-6,19,22H,2,7-18H2,1H3. The SMILES string of the molecule is CCOc1ccc(N2CC3CN(C(=O)N4CCS(=O)(=O)CC4)CC2C2(CCOCC2)C3)cc1. The number of benzene rings is 1. The number of carbonyl (C=O) groups excluding carboxylic acids is 1. The number of piperidine rings is 1. The Bertz CT molecular complexity index is 947. The van der Waals surface area contributed by atoms with Crippen LogP contribution in [-0.2, 0) is 14.6 Å². The minimum atomic E-state index is -3.02. The Morgan fingerprint density at radius 2 is 1.76 bits per heavy atom. The maximum Gasteiger partial charge on any atom is 0.320 e. The highest BCUT2D eigenvalue weighted by atomic mass is 32.2. The van der Waals surface area contributed by atoms with Gasteiger partial charge < -0.3 is 24.2 Å².